The van der Waals surface area contributed by atoms with Crippen molar-refractivity contribution in [1.29, 1.82) is 0 Å². The zero-order chi connectivity index (χ0) is 13.5. The first-order valence-electron chi connectivity index (χ1n) is 6.01. The van der Waals surface area contributed by atoms with Crippen LogP contribution in [0.15, 0.2) is 29.3 Å². The van der Waals surface area contributed by atoms with E-state index in [1.165, 1.54) is 0 Å². The topological polar surface area (TPSA) is 81.6 Å². The highest BCUT2D eigenvalue weighted by atomic mass is 127. The van der Waals surface area contributed by atoms with Crippen LogP contribution in [0.2, 0.25) is 0 Å². The number of nitrogens with zero attached hydrogens (tertiary/aromatic N) is 1. The number of fused-ring (bicyclic) bond motifs is 1. The number of sulfone groups is 1. The maximum absolute atomic E-state index is 11.4. The van der Waals surface area contributed by atoms with Crippen LogP contribution in [-0.2, 0) is 14.6 Å². The predicted octanol–water partition coefficient (Wildman–Crippen LogP) is -3.55. The minimum atomic E-state index is -2.95. The van der Waals surface area contributed by atoms with Gasteiger partial charge in [0.1, 0.15) is 23.2 Å². The average Bonchev–Trinajstić information content (AvgIpc) is 2.82. The van der Waals surface area contributed by atoms with Gasteiger partial charge >= 0.3 is 6.02 Å². The number of benzene rings is 1. The molecule has 110 valence electrons. The van der Waals surface area contributed by atoms with Crippen molar-refractivity contribution in [2.24, 2.45) is 4.99 Å². The Morgan fingerprint density at radius 1 is 1.35 bits per heavy atom. The van der Waals surface area contributed by atoms with Crippen molar-refractivity contribution in [3.8, 4) is 5.75 Å². The smallest absolute Gasteiger partial charge is 0.396 e. The number of halogens is 1. The summed E-state index contributed by atoms with van der Waals surface area (Å²) in [7, 11) is -1.37. The van der Waals surface area contributed by atoms with Crippen LogP contribution in [0.1, 0.15) is 0 Å². The molecule has 2 aliphatic rings. The molecule has 0 unspecified atom stereocenters. The highest BCUT2D eigenvalue weighted by Crippen LogP contribution is 2.27. The van der Waals surface area contributed by atoms with Gasteiger partial charge in [0.25, 0.3) is 0 Å². The molecule has 2 fully saturated rings. The molecule has 1 aromatic carbocycles. The molecule has 0 saturated carbocycles. The van der Waals surface area contributed by atoms with E-state index in [4.69, 9.17) is 9.47 Å². The lowest BCUT2D eigenvalue weighted by Crippen LogP contribution is -3.00. The molecule has 0 spiro atoms. The molecule has 8 heteroatoms. The molecular formula is C12H15IN2O4S. The van der Waals surface area contributed by atoms with Gasteiger partial charge < -0.3 is 33.5 Å². The van der Waals surface area contributed by atoms with Gasteiger partial charge in [-0.3, -0.25) is 5.32 Å². The van der Waals surface area contributed by atoms with Gasteiger partial charge in [0.05, 0.1) is 12.9 Å². The lowest BCUT2D eigenvalue weighted by atomic mass is 10.2. The number of amidine groups is 1. The average molecular weight is 410 g/mol. The fourth-order valence-electron chi connectivity index (χ4n) is 2.40. The van der Waals surface area contributed by atoms with Gasteiger partial charge in [0, 0.05) is 0 Å². The normalized spacial score (nSPS) is 28.6. The third kappa shape index (κ3) is 3.07. The van der Waals surface area contributed by atoms with Gasteiger partial charge in [0.15, 0.2) is 15.9 Å². The van der Waals surface area contributed by atoms with Gasteiger partial charge in [-0.2, -0.15) is 4.99 Å². The first-order valence-corrected chi connectivity index (χ1v) is 7.83. The molecule has 6 nitrogen and oxygen atoms in total. The number of methoxy groups -OCH3 is 1. The SMILES string of the molecule is COc1ccccc1N=C1[NH2+][C@@H]2CS(=O)(=O)C[C@H]2O1.[I-]. The summed E-state index contributed by atoms with van der Waals surface area (Å²) in [5, 5.41) is 1.79. The second-order valence-corrected chi connectivity index (χ2v) is 6.84. The number of aliphatic imine (C=N–C) groups is 1. The molecule has 0 bridgehead atoms. The second kappa shape index (κ2) is 5.86. The standard InChI is InChI=1S/C12H14N2O4S.HI/c1-17-10-5-3-2-4-8(10)13-12-14-9-6-19(15,16)7-11(9)18-12;/h2-5,9,11H,6-7H2,1H3,(H,13,14);1H/t9-,11-;/m1./s1. The Kier molecular flexibility index (Phi) is 4.55. The minimum Gasteiger partial charge on any atom is -1.00 e. The van der Waals surface area contributed by atoms with Crippen LogP contribution >= 0.6 is 0 Å². The summed E-state index contributed by atoms with van der Waals surface area (Å²) in [6.07, 6.45) is -0.279. The van der Waals surface area contributed by atoms with E-state index >= 15 is 0 Å². The molecule has 3 rings (SSSR count). The Morgan fingerprint density at radius 3 is 2.80 bits per heavy atom. The van der Waals surface area contributed by atoms with Gasteiger partial charge in [-0.25, -0.2) is 8.42 Å². The van der Waals surface area contributed by atoms with Crippen LogP contribution in [0.5, 0.6) is 5.75 Å². The molecule has 20 heavy (non-hydrogen) atoms. The Bertz CT molecular complexity index is 610. The Morgan fingerprint density at radius 2 is 2.10 bits per heavy atom. The summed E-state index contributed by atoms with van der Waals surface area (Å²) in [5.41, 5.74) is 0.680. The number of ether oxygens (including phenoxy) is 2. The van der Waals surface area contributed by atoms with Crippen molar-refractivity contribution in [2.45, 2.75) is 12.1 Å². The van der Waals surface area contributed by atoms with Crippen LogP contribution in [0.25, 0.3) is 0 Å². The van der Waals surface area contributed by atoms with E-state index in [9.17, 15) is 8.42 Å². The minimum absolute atomic E-state index is 0. The Labute approximate surface area is 134 Å². The van der Waals surface area contributed by atoms with E-state index in [0.29, 0.717) is 17.5 Å². The fraction of sp³-hybridized carbons (Fsp3) is 0.417. The van der Waals surface area contributed by atoms with Crippen LogP contribution in [0.4, 0.5) is 5.69 Å². The largest absolute Gasteiger partial charge is 1.00 e. The van der Waals surface area contributed by atoms with Gasteiger partial charge in [0.2, 0.25) is 0 Å². The molecule has 2 atom stereocenters. The van der Waals surface area contributed by atoms with Crippen LogP contribution in [-0.4, -0.2) is 45.2 Å². The van der Waals surface area contributed by atoms with Crippen molar-refractivity contribution < 1.29 is 47.2 Å². The molecular weight excluding hydrogens is 395 g/mol. The first kappa shape index (κ1) is 15.5. The van der Waals surface area contributed by atoms with Gasteiger partial charge in [-0.15, -0.1) is 0 Å². The molecule has 2 heterocycles. The maximum Gasteiger partial charge on any atom is 0.396 e. The first-order chi connectivity index (χ1) is 9.07. The molecule has 0 aromatic heterocycles. The lowest BCUT2D eigenvalue weighted by molar-refractivity contribution is -0.565. The quantitative estimate of drug-likeness (QED) is 0.512. The third-order valence-electron chi connectivity index (χ3n) is 3.29. The van der Waals surface area contributed by atoms with Crippen molar-refractivity contribution >= 4 is 21.5 Å². The summed E-state index contributed by atoms with van der Waals surface area (Å²) in [6, 6.07) is 7.78. The number of rotatable bonds is 2. The molecule has 2 N–H and O–H groups in total. The van der Waals surface area contributed by atoms with Crippen LogP contribution < -0.4 is 34.0 Å². The molecule has 2 saturated heterocycles. The fourth-order valence-corrected chi connectivity index (χ4v) is 4.25. The van der Waals surface area contributed by atoms with E-state index in [0.717, 1.165) is 0 Å². The highest BCUT2D eigenvalue weighted by molar-refractivity contribution is 7.91. The molecule has 2 aliphatic heterocycles. The van der Waals surface area contributed by atoms with E-state index in [-0.39, 0.29) is 47.6 Å². The summed E-state index contributed by atoms with van der Waals surface area (Å²) in [4.78, 5) is 4.38. The van der Waals surface area contributed by atoms with Crippen molar-refractivity contribution in [2.75, 3.05) is 18.6 Å². The van der Waals surface area contributed by atoms with E-state index in [1.807, 2.05) is 24.3 Å². The monoisotopic (exact) mass is 410 g/mol. The second-order valence-electron chi connectivity index (χ2n) is 4.69. The number of hydrogen-bond acceptors (Lipinski definition) is 5. The highest BCUT2D eigenvalue weighted by Gasteiger charge is 2.48. The molecule has 0 radical (unpaired) electrons. The summed E-state index contributed by atoms with van der Waals surface area (Å²) < 4.78 is 33.7. The van der Waals surface area contributed by atoms with Crippen molar-refractivity contribution in [3.05, 3.63) is 24.3 Å². The zero-order valence-electron chi connectivity index (χ0n) is 10.8. The summed E-state index contributed by atoms with van der Waals surface area (Å²) in [5.74, 6) is 0.901. The number of quaternary nitrogens is 1. The van der Waals surface area contributed by atoms with Crippen molar-refractivity contribution in [1.82, 2.24) is 0 Å². The number of para-hydroxylation sites is 2. The summed E-state index contributed by atoms with van der Waals surface area (Å²) >= 11 is 0. The predicted molar refractivity (Wildman–Crippen MR) is 69.3 cm³/mol. The van der Waals surface area contributed by atoms with E-state index in [2.05, 4.69) is 4.99 Å². The molecule has 1 aromatic rings. The third-order valence-corrected chi connectivity index (χ3v) is 5.02. The van der Waals surface area contributed by atoms with E-state index < -0.39 is 9.84 Å². The number of nitrogens with two attached hydrogens (primary N) is 1. The van der Waals surface area contributed by atoms with Gasteiger partial charge in [-0.1, -0.05) is 12.1 Å². The van der Waals surface area contributed by atoms with Gasteiger partial charge in [-0.05, 0) is 12.1 Å². The maximum atomic E-state index is 11.4. The lowest BCUT2D eigenvalue weighted by Gasteiger charge is -2.03. The Balaban J connectivity index is 0.00000147. The summed E-state index contributed by atoms with van der Waals surface area (Å²) in [6.45, 7) is 0. The number of hydrogen-bond donors (Lipinski definition) is 1. The molecule has 0 amide bonds. The van der Waals surface area contributed by atoms with Crippen molar-refractivity contribution in [3.63, 3.8) is 0 Å². The van der Waals surface area contributed by atoms with Crippen LogP contribution in [0.3, 0.4) is 0 Å². The zero-order valence-corrected chi connectivity index (χ0v) is 13.8. The molecule has 0 aliphatic carbocycles. The van der Waals surface area contributed by atoms with E-state index in [1.54, 1.807) is 12.4 Å². The Hall–Kier alpha value is -0.870. The van der Waals surface area contributed by atoms with Crippen LogP contribution in [0, 0.1) is 0 Å².